The first-order valence-electron chi connectivity index (χ1n) is 9.27. The Hall–Kier alpha value is -2.81. The monoisotopic (exact) mass is 392 g/mol. The highest BCUT2D eigenvalue weighted by atomic mass is 31.1. The molecule has 0 aliphatic heterocycles. The van der Waals surface area contributed by atoms with Crippen LogP contribution in [0.4, 0.5) is 0 Å². The van der Waals surface area contributed by atoms with E-state index >= 15 is 0 Å². The number of rotatable bonds is 9. The summed E-state index contributed by atoms with van der Waals surface area (Å²) in [5, 5.41) is 3.48. The maximum absolute atomic E-state index is 12.7. The van der Waals surface area contributed by atoms with Crippen LogP contribution in [0.1, 0.15) is 17.5 Å². The lowest BCUT2D eigenvalue weighted by atomic mass is 10.1. The third-order valence-corrected chi connectivity index (χ3v) is 5.50. The van der Waals surface area contributed by atoms with Gasteiger partial charge in [-0.05, 0) is 40.7 Å². The summed E-state index contributed by atoms with van der Waals surface area (Å²) < 4.78 is 18.3. The van der Waals surface area contributed by atoms with Gasteiger partial charge < -0.3 is 5.32 Å². The maximum atomic E-state index is 12.7. The van der Waals surface area contributed by atoms with E-state index in [1.807, 2.05) is 66.7 Å². The van der Waals surface area contributed by atoms with Crippen LogP contribution in [-0.4, -0.2) is 12.0 Å². The molecule has 3 rings (SSSR count). The van der Waals surface area contributed by atoms with E-state index in [4.69, 9.17) is 4.52 Å². The molecule has 2 unspecified atom stereocenters. The summed E-state index contributed by atoms with van der Waals surface area (Å²) in [6.45, 7) is 0.410. The SMILES string of the molecule is O=C(NCc1ccccc1)C(CCc1ccccc1)O[P+](=O)c1ccccc1. The van der Waals surface area contributed by atoms with Crippen LogP contribution in [0.25, 0.3) is 0 Å². The van der Waals surface area contributed by atoms with Gasteiger partial charge in [-0.3, -0.25) is 4.79 Å². The van der Waals surface area contributed by atoms with E-state index in [0.717, 1.165) is 11.1 Å². The fourth-order valence-corrected chi connectivity index (χ4v) is 3.77. The summed E-state index contributed by atoms with van der Waals surface area (Å²) in [5.41, 5.74) is 2.12. The Morgan fingerprint density at radius 3 is 1.96 bits per heavy atom. The summed E-state index contributed by atoms with van der Waals surface area (Å²) in [6.07, 6.45) is 0.341. The van der Waals surface area contributed by atoms with Crippen LogP contribution in [0, 0.1) is 0 Å². The van der Waals surface area contributed by atoms with Crippen LogP contribution in [0.15, 0.2) is 91.0 Å². The molecule has 5 heteroatoms. The van der Waals surface area contributed by atoms with Gasteiger partial charge >= 0.3 is 8.03 Å². The van der Waals surface area contributed by atoms with Gasteiger partial charge in [-0.25, -0.2) is 0 Å². The molecule has 0 fully saturated rings. The van der Waals surface area contributed by atoms with E-state index in [0.29, 0.717) is 24.7 Å². The second-order valence-corrected chi connectivity index (χ2v) is 7.66. The highest BCUT2D eigenvalue weighted by Crippen LogP contribution is 2.26. The van der Waals surface area contributed by atoms with Crippen molar-refractivity contribution < 1.29 is 13.9 Å². The van der Waals surface area contributed by atoms with Crippen LogP contribution in [0.2, 0.25) is 0 Å². The van der Waals surface area contributed by atoms with E-state index in [1.165, 1.54) is 0 Å². The van der Waals surface area contributed by atoms with Crippen molar-refractivity contribution in [2.45, 2.75) is 25.5 Å². The minimum absolute atomic E-state index is 0.251. The number of nitrogens with one attached hydrogen (secondary N) is 1. The third kappa shape index (κ3) is 6.12. The Labute approximate surface area is 166 Å². The summed E-state index contributed by atoms with van der Waals surface area (Å²) in [4.78, 5) is 12.7. The zero-order chi connectivity index (χ0) is 19.6. The van der Waals surface area contributed by atoms with Crippen molar-refractivity contribution in [2.75, 3.05) is 0 Å². The first-order chi connectivity index (χ1) is 13.7. The van der Waals surface area contributed by atoms with Crippen LogP contribution in [-0.2, 0) is 26.8 Å². The largest absolute Gasteiger partial charge is 0.549 e. The fourth-order valence-electron chi connectivity index (χ4n) is 2.80. The molecule has 28 heavy (non-hydrogen) atoms. The highest BCUT2D eigenvalue weighted by molar-refractivity contribution is 7.48. The first kappa shape index (κ1) is 19.9. The highest BCUT2D eigenvalue weighted by Gasteiger charge is 2.32. The molecule has 0 heterocycles. The standard InChI is InChI=1S/C23H22NO3P/c25-23(24-18-20-12-6-2-7-13-20)22(17-16-19-10-4-1-5-11-19)27-28(26)21-14-8-3-9-15-21/h1-15,22H,16-18H2/p+1. The summed E-state index contributed by atoms with van der Waals surface area (Å²) in [7, 11) is -2.10. The summed E-state index contributed by atoms with van der Waals surface area (Å²) in [5.74, 6) is -0.251. The van der Waals surface area contributed by atoms with Gasteiger partial charge in [-0.2, -0.15) is 0 Å². The van der Waals surface area contributed by atoms with Gasteiger partial charge in [0.2, 0.25) is 5.30 Å². The van der Waals surface area contributed by atoms with E-state index < -0.39 is 14.1 Å². The molecule has 0 spiro atoms. The molecule has 3 aromatic rings. The fraction of sp³-hybridized carbons (Fsp3) is 0.174. The van der Waals surface area contributed by atoms with Crippen LogP contribution in [0.3, 0.4) is 0 Å². The average molecular weight is 392 g/mol. The molecule has 0 aliphatic rings. The second kappa shape index (κ2) is 10.5. The number of carbonyl (C=O) groups is 1. The van der Waals surface area contributed by atoms with Gasteiger partial charge in [0.1, 0.15) is 0 Å². The lowest BCUT2D eigenvalue weighted by molar-refractivity contribution is -0.128. The van der Waals surface area contributed by atoms with E-state index in [2.05, 4.69) is 5.32 Å². The molecule has 0 bridgehead atoms. The predicted molar refractivity (Wildman–Crippen MR) is 112 cm³/mol. The van der Waals surface area contributed by atoms with E-state index in [1.54, 1.807) is 24.3 Å². The molecule has 0 saturated heterocycles. The van der Waals surface area contributed by atoms with Crippen LogP contribution < -0.4 is 10.6 Å². The maximum Gasteiger partial charge on any atom is 0.549 e. The Morgan fingerprint density at radius 1 is 0.821 bits per heavy atom. The minimum atomic E-state index is -2.10. The molecule has 3 aromatic carbocycles. The number of carbonyl (C=O) groups excluding carboxylic acids is 1. The van der Waals surface area contributed by atoms with Gasteiger partial charge in [0.15, 0.2) is 6.10 Å². The molecule has 0 saturated carbocycles. The number of hydrogen-bond acceptors (Lipinski definition) is 3. The van der Waals surface area contributed by atoms with E-state index in [-0.39, 0.29) is 5.91 Å². The lowest BCUT2D eigenvalue weighted by Gasteiger charge is -2.12. The van der Waals surface area contributed by atoms with Gasteiger partial charge in [0, 0.05) is 6.54 Å². The van der Waals surface area contributed by atoms with Crippen molar-refractivity contribution in [1.29, 1.82) is 0 Å². The molecule has 0 aromatic heterocycles. The normalized spacial score (nSPS) is 12.2. The zero-order valence-corrected chi connectivity index (χ0v) is 16.4. The van der Waals surface area contributed by atoms with Crippen molar-refractivity contribution in [3.63, 3.8) is 0 Å². The third-order valence-electron chi connectivity index (χ3n) is 4.33. The molecule has 4 nitrogen and oxygen atoms in total. The molecule has 142 valence electrons. The number of aryl methyl sites for hydroxylation is 1. The summed E-state index contributed by atoms with van der Waals surface area (Å²) >= 11 is 0. The molecule has 0 radical (unpaired) electrons. The lowest BCUT2D eigenvalue weighted by Crippen LogP contribution is -2.35. The van der Waals surface area contributed by atoms with Crippen molar-refractivity contribution in [3.05, 3.63) is 102 Å². The molecular weight excluding hydrogens is 369 g/mol. The quantitative estimate of drug-likeness (QED) is 0.550. The average Bonchev–Trinajstić information content (AvgIpc) is 2.77. The number of benzene rings is 3. The van der Waals surface area contributed by atoms with Crippen LogP contribution >= 0.6 is 8.03 Å². The van der Waals surface area contributed by atoms with Gasteiger partial charge in [0.25, 0.3) is 5.91 Å². The van der Waals surface area contributed by atoms with Gasteiger partial charge in [0.05, 0.1) is 0 Å². The van der Waals surface area contributed by atoms with Crippen LogP contribution in [0.5, 0.6) is 0 Å². The predicted octanol–water partition coefficient (Wildman–Crippen LogP) is 4.39. The molecule has 2 atom stereocenters. The second-order valence-electron chi connectivity index (χ2n) is 6.41. The Balaban J connectivity index is 1.65. The Bertz CT molecular complexity index is 885. The number of amides is 1. The first-order valence-corrected chi connectivity index (χ1v) is 10.4. The molecule has 1 N–H and O–H groups in total. The van der Waals surface area contributed by atoms with Crippen molar-refractivity contribution >= 4 is 19.2 Å². The van der Waals surface area contributed by atoms with Gasteiger partial charge in [-0.1, -0.05) is 78.9 Å². The van der Waals surface area contributed by atoms with Crippen molar-refractivity contribution in [2.24, 2.45) is 0 Å². The molecular formula is C23H23NO3P+. The zero-order valence-electron chi connectivity index (χ0n) is 15.5. The number of hydrogen-bond donors (Lipinski definition) is 1. The van der Waals surface area contributed by atoms with Gasteiger partial charge in [-0.15, -0.1) is 4.52 Å². The Kier molecular flexibility index (Phi) is 7.48. The van der Waals surface area contributed by atoms with Crippen molar-refractivity contribution in [3.8, 4) is 0 Å². The van der Waals surface area contributed by atoms with E-state index in [9.17, 15) is 9.36 Å². The summed E-state index contributed by atoms with van der Waals surface area (Å²) in [6, 6.07) is 28.5. The molecule has 1 amide bonds. The smallest absolute Gasteiger partial charge is 0.350 e. The molecule has 0 aliphatic carbocycles. The minimum Gasteiger partial charge on any atom is -0.350 e. The Morgan fingerprint density at radius 2 is 1.36 bits per heavy atom. The van der Waals surface area contributed by atoms with Crippen molar-refractivity contribution in [1.82, 2.24) is 5.32 Å². The topological polar surface area (TPSA) is 55.4 Å².